The zero-order valence-electron chi connectivity index (χ0n) is 7.90. The van der Waals surface area contributed by atoms with Gasteiger partial charge in [0.15, 0.2) is 0 Å². The van der Waals surface area contributed by atoms with Gasteiger partial charge in [0.05, 0.1) is 22.7 Å². The summed E-state index contributed by atoms with van der Waals surface area (Å²) in [5.41, 5.74) is 6.23. The van der Waals surface area contributed by atoms with E-state index in [0.29, 0.717) is 16.6 Å². The molecule has 0 atom stereocenters. The summed E-state index contributed by atoms with van der Waals surface area (Å²) in [5.74, 6) is 0.607. The third-order valence-electron chi connectivity index (χ3n) is 1.78. The van der Waals surface area contributed by atoms with Crippen LogP contribution in [0.25, 0.3) is 10.6 Å². The van der Waals surface area contributed by atoms with Crippen molar-refractivity contribution in [3.63, 3.8) is 0 Å². The number of methoxy groups -OCH3 is 1. The second-order valence-electron chi connectivity index (χ2n) is 2.75. The molecule has 0 radical (unpaired) electrons. The Morgan fingerprint density at radius 3 is 2.87 bits per heavy atom. The van der Waals surface area contributed by atoms with Crippen LogP contribution in [0.3, 0.4) is 0 Å². The molecular weight excluding hydrogens is 234 g/mol. The Hall–Kier alpha value is -1.33. The minimum absolute atomic E-state index is 0.175. The highest BCUT2D eigenvalue weighted by Gasteiger charge is 2.09. The lowest BCUT2D eigenvalue weighted by molar-refractivity contribution is 0.398. The van der Waals surface area contributed by atoms with E-state index in [-0.39, 0.29) is 5.95 Å². The first-order valence-electron chi connectivity index (χ1n) is 4.12. The van der Waals surface area contributed by atoms with Crippen molar-refractivity contribution in [1.82, 2.24) is 9.97 Å². The van der Waals surface area contributed by atoms with Gasteiger partial charge in [-0.1, -0.05) is 11.6 Å². The highest BCUT2D eigenvalue weighted by Crippen LogP contribution is 2.33. The highest BCUT2D eigenvalue weighted by atomic mass is 35.5. The third-order valence-corrected chi connectivity index (χ3v) is 3.14. The zero-order valence-corrected chi connectivity index (χ0v) is 9.47. The summed E-state index contributed by atoms with van der Waals surface area (Å²) in [6.45, 7) is 0. The maximum absolute atomic E-state index is 5.99. The molecule has 0 bridgehead atoms. The fourth-order valence-corrected chi connectivity index (χ4v) is 2.25. The van der Waals surface area contributed by atoms with Crippen LogP contribution < -0.4 is 10.5 Å². The maximum Gasteiger partial charge on any atom is 0.223 e. The zero-order chi connectivity index (χ0) is 10.8. The number of thiophene rings is 1. The standard InChI is InChI=1S/C9H8ClN3OS/c1-14-7-4-6(12-9(11)13-7)8-5(10)2-3-15-8/h2-4H,1H3,(H2,11,12,13). The van der Waals surface area contributed by atoms with Crippen LogP contribution in [0.15, 0.2) is 17.5 Å². The monoisotopic (exact) mass is 241 g/mol. The minimum Gasteiger partial charge on any atom is -0.481 e. The first-order valence-corrected chi connectivity index (χ1v) is 5.38. The molecular formula is C9H8ClN3OS. The molecule has 0 aliphatic heterocycles. The molecule has 0 aliphatic rings. The number of aromatic nitrogens is 2. The van der Waals surface area contributed by atoms with Crippen molar-refractivity contribution in [2.24, 2.45) is 0 Å². The lowest BCUT2D eigenvalue weighted by Gasteiger charge is -2.03. The van der Waals surface area contributed by atoms with Crippen LogP contribution in [0.1, 0.15) is 0 Å². The van der Waals surface area contributed by atoms with E-state index in [1.807, 2.05) is 11.4 Å². The van der Waals surface area contributed by atoms with E-state index in [4.69, 9.17) is 22.1 Å². The molecule has 6 heteroatoms. The van der Waals surface area contributed by atoms with Crippen molar-refractivity contribution in [2.75, 3.05) is 12.8 Å². The Morgan fingerprint density at radius 2 is 2.27 bits per heavy atom. The van der Waals surface area contributed by atoms with Gasteiger partial charge < -0.3 is 10.5 Å². The molecule has 0 amide bonds. The molecule has 78 valence electrons. The first kappa shape index (κ1) is 10.2. The lowest BCUT2D eigenvalue weighted by atomic mass is 10.3. The van der Waals surface area contributed by atoms with Gasteiger partial charge in [0.25, 0.3) is 0 Å². The van der Waals surface area contributed by atoms with Crippen LogP contribution in [-0.2, 0) is 0 Å². The molecule has 0 spiro atoms. The van der Waals surface area contributed by atoms with Crippen LogP contribution in [0.5, 0.6) is 5.88 Å². The van der Waals surface area contributed by atoms with Gasteiger partial charge in [-0.25, -0.2) is 4.98 Å². The van der Waals surface area contributed by atoms with Gasteiger partial charge in [-0.15, -0.1) is 11.3 Å². The molecule has 2 aromatic rings. The van der Waals surface area contributed by atoms with Gasteiger partial charge in [0.1, 0.15) is 0 Å². The average molecular weight is 242 g/mol. The van der Waals surface area contributed by atoms with Crippen molar-refractivity contribution in [2.45, 2.75) is 0 Å². The van der Waals surface area contributed by atoms with Crippen molar-refractivity contribution < 1.29 is 4.74 Å². The highest BCUT2D eigenvalue weighted by molar-refractivity contribution is 7.14. The Balaban J connectivity index is 2.53. The Kier molecular flexibility index (Phi) is 2.75. The molecule has 0 saturated heterocycles. The number of ether oxygens (including phenoxy) is 1. The van der Waals surface area contributed by atoms with Gasteiger partial charge in [0, 0.05) is 6.07 Å². The number of nitrogens with two attached hydrogens (primary N) is 1. The van der Waals surface area contributed by atoms with Crippen molar-refractivity contribution in [1.29, 1.82) is 0 Å². The van der Waals surface area contributed by atoms with Crippen LogP contribution in [0.4, 0.5) is 5.95 Å². The second kappa shape index (κ2) is 4.04. The SMILES string of the molecule is COc1cc(-c2sccc2Cl)nc(N)n1. The second-order valence-corrected chi connectivity index (χ2v) is 4.07. The first-order chi connectivity index (χ1) is 7.20. The van der Waals surface area contributed by atoms with Gasteiger partial charge in [-0.2, -0.15) is 4.98 Å². The molecule has 2 aromatic heterocycles. The molecule has 0 aliphatic carbocycles. The fourth-order valence-electron chi connectivity index (χ4n) is 1.14. The summed E-state index contributed by atoms with van der Waals surface area (Å²) in [4.78, 5) is 8.86. The van der Waals surface area contributed by atoms with E-state index in [9.17, 15) is 0 Å². The topological polar surface area (TPSA) is 61.0 Å². The minimum atomic E-state index is 0.175. The Morgan fingerprint density at radius 1 is 1.47 bits per heavy atom. The number of hydrogen-bond donors (Lipinski definition) is 1. The molecule has 2 rings (SSSR count). The Labute approximate surface area is 95.7 Å². The summed E-state index contributed by atoms with van der Waals surface area (Å²) in [6, 6.07) is 3.51. The summed E-state index contributed by atoms with van der Waals surface area (Å²) < 4.78 is 5.00. The predicted octanol–water partition coefficient (Wildman–Crippen LogP) is 2.45. The van der Waals surface area contributed by atoms with Crippen LogP contribution in [0.2, 0.25) is 5.02 Å². The normalized spacial score (nSPS) is 10.3. The number of hydrogen-bond acceptors (Lipinski definition) is 5. The van der Waals surface area contributed by atoms with E-state index in [2.05, 4.69) is 9.97 Å². The van der Waals surface area contributed by atoms with E-state index in [1.165, 1.54) is 18.4 Å². The van der Waals surface area contributed by atoms with Gasteiger partial charge in [0.2, 0.25) is 11.8 Å². The third kappa shape index (κ3) is 2.03. The van der Waals surface area contributed by atoms with Gasteiger partial charge in [-0.3, -0.25) is 0 Å². The molecule has 4 nitrogen and oxygen atoms in total. The molecule has 2 N–H and O–H groups in total. The molecule has 0 fully saturated rings. The van der Waals surface area contributed by atoms with E-state index in [1.54, 1.807) is 6.07 Å². The van der Waals surface area contributed by atoms with E-state index in [0.717, 1.165) is 4.88 Å². The fraction of sp³-hybridized carbons (Fsp3) is 0.111. The summed E-state index contributed by atoms with van der Waals surface area (Å²) >= 11 is 7.49. The molecule has 0 aromatic carbocycles. The predicted molar refractivity (Wildman–Crippen MR) is 61.3 cm³/mol. The van der Waals surface area contributed by atoms with Crippen LogP contribution in [-0.4, -0.2) is 17.1 Å². The van der Waals surface area contributed by atoms with Crippen molar-refractivity contribution >= 4 is 28.9 Å². The Bertz CT molecular complexity index is 486. The van der Waals surface area contributed by atoms with E-state index < -0.39 is 0 Å². The van der Waals surface area contributed by atoms with Gasteiger partial charge in [-0.05, 0) is 11.4 Å². The molecule has 0 unspecified atom stereocenters. The number of nitrogen functional groups attached to an aromatic ring is 1. The van der Waals surface area contributed by atoms with Crippen molar-refractivity contribution in [3.05, 3.63) is 22.5 Å². The number of nitrogens with zero attached hydrogens (tertiary/aromatic N) is 2. The van der Waals surface area contributed by atoms with Crippen molar-refractivity contribution in [3.8, 4) is 16.5 Å². The number of rotatable bonds is 2. The van der Waals surface area contributed by atoms with E-state index >= 15 is 0 Å². The van der Waals surface area contributed by atoms with Crippen LogP contribution in [0, 0.1) is 0 Å². The number of halogens is 1. The lowest BCUT2D eigenvalue weighted by Crippen LogP contribution is -1.98. The largest absolute Gasteiger partial charge is 0.481 e. The summed E-state index contributed by atoms with van der Waals surface area (Å²) in [7, 11) is 1.53. The molecule has 0 saturated carbocycles. The smallest absolute Gasteiger partial charge is 0.223 e. The summed E-state index contributed by atoms with van der Waals surface area (Å²) in [6.07, 6.45) is 0. The quantitative estimate of drug-likeness (QED) is 0.877. The molecule has 15 heavy (non-hydrogen) atoms. The molecule has 2 heterocycles. The van der Waals surface area contributed by atoms with Crippen LogP contribution >= 0.6 is 22.9 Å². The summed E-state index contributed by atoms with van der Waals surface area (Å²) in [5, 5.41) is 2.54. The average Bonchev–Trinajstić information content (AvgIpc) is 2.63. The van der Waals surface area contributed by atoms with Gasteiger partial charge >= 0.3 is 0 Å². The number of anilines is 1. The maximum atomic E-state index is 5.99.